The van der Waals surface area contributed by atoms with Gasteiger partial charge in [0.25, 0.3) is 5.91 Å². The Labute approximate surface area is 204 Å². The lowest BCUT2D eigenvalue weighted by atomic mass is 10.2. The first kappa shape index (κ1) is 25.6. The fraction of sp³-hybridized carbons (Fsp3) is 0.435. The first-order valence-corrected chi connectivity index (χ1v) is 11.8. The number of hydroxylamine groups is 1. The number of hydrogen-bond donors (Lipinski definition) is 2. The van der Waals surface area contributed by atoms with Crippen LogP contribution in [0, 0.1) is 0 Å². The summed E-state index contributed by atoms with van der Waals surface area (Å²) >= 11 is 1.30. The normalized spacial score (nSPS) is 23.1. The number of amides is 1. The Morgan fingerprint density at radius 1 is 1.09 bits per heavy atom. The molecule has 2 heterocycles. The van der Waals surface area contributed by atoms with Crippen molar-refractivity contribution in [1.82, 2.24) is 9.79 Å². The van der Waals surface area contributed by atoms with Crippen molar-refractivity contribution in [3.8, 4) is 11.5 Å². The summed E-state index contributed by atoms with van der Waals surface area (Å²) in [5.41, 5.74) is 2.86. The van der Waals surface area contributed by atoms with Gasteiger partial charge in [-0.25, -0.2) is 14.6 Å². The van der Waals surface area contributed by atoms with Gasteiger partial charge in [-0.1, -0.05) is 12.1 Å². The summed E-state index contributed by atoms with van der Waals surface area (Å²) in [6.45, 7) is 1.20. The molecule has 0 aliphatic carbocycles. The lowest BCUT2D eigenvalue weighted by molar-refractivity contribution is -0.274. The van der Waals surface area contributed by atoms with Crippen LogP contribution >= 0.6 is 11.9 Å². The lowest BCUT2D eigenvalue weighted by Gasteiger charge is -2.22. The van der Waals surface area contributed by atoms with Gasteiger partial charge in [0.1, 0.15) is 23.7 Å². The van der Waals surface area contributed by atoms with Crippen LogP contribution in [0.4, 0.5) is 13.2 Å². The Bertz CT molecular complexity index is 988. The van der Waals surface area contributed by atoms with E-state index in [0.717, 1.165) is 25.0 Å². The van der Waals surface area contributed by atoms with Crippen LogP contribution in [-0.4, -0.2) is 59.9 Å². The molecule has 2 aliphatic heterocycles. The van der Waals surface area contributed by atoms with Gasteiger partial charge in [0.05, 0.1) is 5.56 Å². The number of β-amino-alcohol motifs (C(OH)–C–C–N with tert-alkyl or cyclic N) is 1. The summed E-state index contributed by atoms with van der Waals surface area (Å²) in [4.78, 5) is 18.7. The third-order valence-electron chi connectivity index (χ3n) is 5.33. The number of carbonyl (C=O) groups is 1. The zero-order valence-corrected chi connectivity index (χ0v) is 19.4. The molecule has 12 heteroatoms. The molecular weight excluding hydrogens is 489 g/mol. The van der Waals surface area contributed by atoms with Crippen LogP contribution < -0.4 is 15.0 Å². The zero-order valence-electron chi connectivity index (χ0n) is 18.6. The average Bonchev–Trinajstić information content (AvgIpc) is 3.17. The van der Waals surface area contributed by atoms with E-state index in [1.807, 2.05) is 4.31 Å². The van der Waals surface area contributed by atoms with Crippen molar-refractivity contribution in [1.29, 1.82) is 0 Å². The number of aliphatic hydroxyl groups excluding tert-OH is 1. The number of alkyl halides is 3. The molecule has 2 saturated heterocycles. The van der Waals surface area contributed by atoms with Gasteiger partial charge in [0.15, 0.2) is 6.29 Å². The number of benzene rings is 2. The summed E-state index contributed by atoms with van der Waals surface area (Å²) in [6, 6.07) is 12.0. The lowest BCUT2D eigenvalue weighted by Crippen LogP contribution is -2.33. The fourth-order valence-electron chi connectivity index (χ4n) is 3.66. The maximum absolute atomic E-state index is 12.7. The predicted molar refractivity (Wildman–Crippen MR) is 120 cm³/mol. The van der Waals surface area contributed by atoms with E-state index < -0.39 is 30.8 Å². The summed E-state index contributed by atoms with van der Waals surface area (Å²) in [6.07, 6.45) is -4.03. The van der Waals surface area contributed by atoms with Crippen molar-refractivity contribution in [2.75, 3.05) is 19.7 Å². The van der Waals surface area contributed by atoms with Crippen molar-refractivity contribution in [3.05, 3.63) is 54.1 Å². The van der Waals surface area contributed by atoms with E-state index >= 15 is 0 Å². The second-order valence-corrected chi connectivity index (χ2v) is 9.16. The zero-order chi connectivity index (χ0) is 24.8. The standard InChI is InChI=1S/C23H25F3N2O6S/c24-23(25,26)33-16-10-8-15(9-11-16)32-19-14-28(13-18(19)29)35-20-6-2-1-5-17(20)22(30)27-34-21-7-3-4-12-31-21/h1-2,5-6,8-11,18-19,21,29H,3-4,7,12-14H2,(H,27,30). The quantitative estimate of drug-likeness (QED) is 0.405. The summed E-state index contributed by atoms with van der Waals surface area (Å²) < 4.78 is 53.9. The Morgan fingerprint density at radius 2 is 1.83 bits per heavy atom. The van der Waals surface area contributed by atoms with E-state index in [1.54, 1.807) is 24.3 Å². The van der Waals surface area contributed by atoms with Crippen molar-refractivity contribution in [2.24, 2.45) is 0 Å². The molecule has 3 unspecified atom stereocenters. The Kier molecular flexibility index (Phi) is 8.39. The van der Waals surface area contributed by atoms with Gasteiger partial charge in [-0.2, -0.15) is 0 Å². The maximum atomic E-state index is 12.7. The second kappa shape index (κ2) is 11.5. The summed E-state index contributed by atoms with van der Waals surface area (Å²) in [7, 11) is 0. The van der Waals surface area contributed by atoms with Crippen molar-refractivity contribution in [2.45, 2.75) is 49.0 Å². The number of hydrogen-bond acceptors (Lipinski definition) is 8. The Hall–Kier alpha value is -2.51. The first-order chi connectivity index (χ1) is 16.8. The minimum absolute atomic E-state index is 0.271. The molecule has 2 N–H and O–H groups in total. The van der Waals surface area contributed by atoms with E-state index in [0.29, 0.717) is 35.8 Å². The highest BCUT2D eigenvalue weighted by Crippen LogP contribution is 2.32. The van der Waals surface area contributed by atoms with Crippen LogP contribution in [0.25, 0.3) is 0 Å². The second-order valence-electron chi connectivity index (χ2n) is 8.02. The molecule has 3 atom stereocenters. The predicted octanol–water partition coefficient (Wildman–Crippen LogP) is 3.90. The third kappa shape index (κ3) is 7.48. The highest BCUT2D eigenvalue weighted by Gasteiger charge is 2.35. The van der Waals surface area contributed by atoms with Crippen molar-refractivity contribution in [3.63, 3.8) is 0 Å². The number of ether oxygens (including phenoxy) is 3. The molecular formula is C23H25F3N2O6S. The molecule has 2 aromatic carbocycles. The number of nitrogens with one attached hydrogen (secondary N) is 1. The van der Waals surface area contributed by atoms with E-state index in [4.69, 9.17) is 14.3 Å². The molecule has 4 rings (SSSR count). The number of rotatable bonds is 8. The summed E-state index contributed by atoms with van der Waals surface area (Å²) in [5, 5.41) is 10.4. The van der Waals surface area contributed by atoms with E-state index in [2.05, 4.69) is 10.2 Å². The molecule has 0 saturated carbocycles. The van der Waals surface area contributed by atoms with Crippen LogP contribution in [-0.2, 0) is 9.57 Å². The van der Waals surface area contributed by atoms with Gasteiger partial charge in [-0.3, -0.25) is 4.79 Å². The van der Waals surface area contributed by atoms with Gasteiger partial charge >= 0.3 is 6.36 Å². The Morgan fingerprint density at radius 3 is 2.54 bits per heavy atom. The van der Waals surface area contributed by atoms with E-state index in [1.165, 1.54) is 24.1 Å². The molecule has 2 aromatic rings. The number of nitrogens with zero attached hydrogens (tertiary/aromatic N) is 1. The Balaban J connectivity index is 1.32. The van der Waals surface area contributed by atoms with Crippen LogP contribution in [0.5, 0.6) is 11.5 Å². The number of carbonyl (C=O) groups excluding carboxylic acids is 1. The first-order valence-electron chi connectivity index (χ1n) is 11.1. The summed E-state index contributed by atoms with van der Waals surface area (Å²) in [5.74, 6) is -0.462. The van der Waals surface area contributed by atoms with Crippen molar-refractivity contribution < 1.29 is 42.1 Å². The van der Waals surface area contributed by atoms with Gasteiger partial charge in [0, 0.05) is 31.0 Å². The molecule has 35 heavy (non-hydrogen) atoms. The van der Waals surface area contributed by atoms with Crippen LogP contribution in [0.2, 0.25) is 0 Å². The highest BCUT2D eigenvalue weighted by atomic mass is 32.2. The molecule has 2 fully saturated rings. The molecule has 8 nitrogen and oxygen atoms in total. The van der Waals surface area contributed by atoms with Crippen LogP contribution in [0.1, 0.15) is 29.6 Å². The van der Waals surface area contributed by atoms with Crippen LogP contribution in [0.15, 0.2) is 53.4 Å². The maximum Gasteiger partial charge on any atom is 0.573 e. The van der Waals surface area contributed by atoms with Crippen LogP contribution in [0.3, 0.4) is 0 Å². The molecule has 190 valence electrons. The van der Waals surface area contributed by atoms with Crippen molar-refractivity contribution >= 4 is 17.9 Å². The number of halogens is 3. The largest absolute Gasteiger partial charge is 0.573 e. The minimum Gasteiger partial charge on any atom is -0.486 e. The minimum atomic E-state index is -4.77. The average molecular weight is 515 g/mol. The van der Waals surface area contributed by atoms with Gasteiger partial charge in [-0.05, 0) is 61.2 Å². The van der Waals surface area contributed by atoms with Gasteiger partial charge in [0.2, 0.25) is 0 Å². The fourth-order valence-corrected chi connectivity index (χ4v) is 4.78. The molecule has 0 bridgehead atoms. The topological polar surface area (TPSA) is 89.5 Å². The monoisotopic (exact) mass is 514 g/mol. The third-order valence-corrected chi connectivity index (χ3v) is 6.44. The smallest absolute Gasteiger partial charge is 0.486 e. The highest BCUT2D eigenvalue weighted by molar-refractivity contribution is 7.97. The SMILES string of the molecule is O=C(NOC1CCCCO1)c1ccccc1SN1CC(O)C(Oc2ccc(OC(F)(F)F)cc2)C1. The van der Waals surface area contributed by atoms with Gasteiger partial charge in [-0.15, -0.1) is 13.2 Å². The van der Waals surface area contributed by atoms with Gasteiger partial charge < -0.3 is 19.3 Å². The number of aliphatic hydroxyl groups is 1. The molecule has 0 radical (unpaired) electrons. The molecule has 0 spiro atoms. The molecule has 2 aliphatic rings. The van der Waals surface area contributed by atoms with E-state index in [-0.39, 0.29) is 12.3 Å². The molecule has 1 amide bonds. The van der Waals surface area contributed by atoms with E-state index in [9.17, 15) is 23.1 Å². The molecule has 0 aromatic heterocycles.